The van der Waals surface area contributed by atoms with E-state index in [9.17, 15) is 9.59 Å². The predicted molar refractivity (Wildman–Crippen MR) is 177 cm³/mol. The van der Waals surface area contributed by atoms with Crippen molar-refractivity contribution in [2.75, 3.05) is 0 Å². The van der Waals surface area contributed by atoms with E-state index in [4.69, 9.17) is 9.47 Å². The van der Waals surface area contributed by atoms with E-state index in [2.05, 4.69) is 49.1 Å². The van der Waals surface area contributed by atoms with E-state index in [1.165, 1.54) is 5.57 Å². The van der Waals surface area contributed by atoms with Crippen LogP contribution < -0.4 is 0 Å². The van der Waals surface area contributed by atoms with Gasteiger partial charge in [0.05, 0.1) is 17.3 Å². The number of nitrogens with zero attached hydrogens (tertiary/aromatic N) is 5. The fraction of sp³-hybridized carbons (Fsp3) is 0.500. The number of hydrogen-bond acceptors (Lipinski definition) is 6. The van der Waals surface area contributed by atoms with Gasteiger partial charge in [-0.2, -0.15) is 5.10 Å². The average Bonchev–Trinajstić information content (AvgIpc) is 3.60. The lowest BCUT2D eigenvalue weighted by Gasteiger charge is -2.35. The van der Waals surface area contributed by atoms with E-state index < -0.39 is 17.3 Å². The summed E-state index contributed by atoms with van der Waals surface area (Å²) in [5.41, 5.74) is 7.59. The van der Waals surface area contributed by atoms with E-state index in [0.717, 1.165) is 69.3 Å². The Kier molecular flexibility index (Phi) is 7.37. The molecule has 0 radical (unpaired) electrons. The number of carbonyl (C=O) groups is 2. The quantitative estimate of drug-likeness (QED) is 0.231. The lowest BCUT2D eigenvalue weighted by Crippen LogP contribution is -2.45. The number of aromatic nitrogens is 4. The van der Waals surface area contributed by atoms with Crippen LogP contribution in [0, 0.1) is 13.8 Å². The highest BCUT2D eigenvalue weighted by molar-refractivity contribution is 6.01. The van der Waals surface area contributed by atoms with Crippen LogP contribution in [0.1, 0.15) is 103 Å². The number of pyridine rings is 1. The number of aryl methyl sites for hydroxylation is 1. The minimum absolute atomic E-state index is 0.0100. The summed E-state index contributed by atoms with van der Waals surface area (Å²) in [6.45, 7) is 19.8. The molecule has 238 valence electrons. The third kappa shape index (κ3) is 5.51. The number of hydrogen-bond donors (Lipinski definition) is 0. The molecule has 0 aliphatic carbocycles. The number of amides is 1. The van der Waals surface area contributed by atoms with E-state index in [0.29, 0.717) is 0 Å². The second-order valence-electron chi connectivity index (χ2n) is 14.9. The Balaban J connectivity index is 1.53. The van der Waals surface area contributed by atoms with Gasteiger partial charge < -0.3 is 9.47 Å². The minimum Gasteiger partial charge on any atom is -0.444 e. The third-order valence-corrected chi connectivity index (χ3v) is 8.91. The Morgan fingerprint density at radius 3 is 2.29 bits per heavy atom. The summed E-state index contributed by atoms with van der Waals surface area (Å²) in [7, 11) is 0. The monoisotopic (exact) mass is 611 g/mol. The van der Waals surface area contributed by atoms with Gasteiger partial charge in [-0.3, -0.25) is 4.90 Å². The molecule has 0 spiro atoms. The van der Waals surface area contributed by atoms with Crippen LogP contribution in [0.15, 0.2) is 36.8 Å². The molecule has 2 bridgehead atoms. The Morgan fingerprint density at radius 2 is 1.64 bits per heavy atom. The maximum atomic E-state index is 14.0. The second-order valence-corrected chi connectivity index (χ2v) is 14.9. The largest absolute Gasteiger partial charge is 0.444 e. The number of ether oxygens (including phenoxy) is 2. The molecule has 9 nitrogen and oxygen atoms in total. The van der Waals surface area contributed by atoms with Crippen LogP contribution in [0.2, 0.25) is 0 Å². The summed E-state index contributed by atoms with van der Waals surface area (Å²) in [6, 6.07) is 6.48. The van der Waals surface area contributed by atoms with E-state index >= 15 is 0 Å². The first-order valence-corrected chi connectivity index (χ1v) is 16.0. The first-order chi connectivity index (χ1) is 21.0. The maximum Gasteiger partial charge on any atom is 0.419 e. The van der Waals surface area contributed by atoms with Crippen molar-refractivity contribution in [1.82, 2.24) is 24.1 Å². The van der Waals surface area contributed by atoms with Crippen LogP contribution in [0.3, 0.4) is 0 Å². The Morgan fingerprint density at radius 1 is 0.956 bits per heavy atom. The number of carbonyl (C=O) groups excluding carboxylic acids is 2. The van der Waals surface area contributed by atoms with Gasteiger partial charge in [0.25, 0.3) is 0 Å². The first-order valence-electron chi connectivity index (χ1n) is 16.0. The molecule has 1 saturated heterocycles. The highest BCUT2D eigenvalue weighted by atomic mass is 16.6. The zero-order chi connectivity index (χ0) is 32.6. The van der Waals surface area contributed by atoms with Crippen LogP contribution >= 0.6 is 0 Å². The molecule has 1 fully saturated rings. The second kappa shape index (κ2) is 10.7. The van der Waals surface area contributed by atoms with Gasteiger partial charge in [0.1, 0.15) is 17.5 Å². The molecule has 0 saturated carbocycles. The summed E-state index contributed by atoms with van der Waals surface area (Å²) in [4.78, 5) is 33.5. The SMILES string of the molecule is Cc1c(-c2c(C(C)C)c3cc(C4=CC5CCC(C4)N5C(=O)OC(C)(C)C)ccc3n2C(=O)OC(C)(C)C)cn2ncnc2c1C. The van der Waals surface area contributed by atoms with Gasteiger partial charge in [-0.1, -0.05) is 26.0 Å². The van der Waals surface area contributed by atoms with Crippen LogP contribution in [0.4, 0.5) is 9.59 Å². The molecule has 2 atom stereocenters. The number of benzene rings is 1. The summed E-state index contributed by atoms with van der Waals surface area (Å²) < 4.78 is 15.3. The van der Waals surface area contributed by atoms with Gasteiger partial charge in [0, 0.05) is 23.2 Å². The minimum atomic E-state index is -0.671. The lowest BCUT2D eigenvalue weighted by molar-refractivity contribution is 0.0174. The van der Waals surface area contributed by atoms with Crippen LogP contribution in [-0.2, 0) is 9.47 Å². The Bertz CT molecular complexity index is 1860. The molecule has 1 amide bonds. The Labute approximate surface area is 265 Å². The van der Waals surface area contributed by atoms with Crippen LogP contribution in [0.5, 0.6) is 0 Å². The third-order valence-electron chi connectivity index (χ3n) is 8.91. The van der Waals surface area contributed by atoms with Crippen molar-refractivity contribution in [3.63, 3.8) is 0 Å². The molecule has 4 aromatic rings. The van der Waals surface area contributed by atoms with Crippen molar-refractivity contribution in [1.29, 1.82) is 0 Å². The number of fused-ring (bicyclic) bond motifs is 4. The summed E-state index contributed by atoms with van der Waals surface area (Å²) >= 11 is 0. The zero-order valence-corrected chi connectivity index (χ0v) is 28.2. The van der Waals surface area contributed by atoms with Crippen molar-refractivity contribution in [2.24, 2.45) is 0 Å². The average molecular weight is 612 g/mol. The summed E-state index contributed by atoms with van der Waals surface area (Å²) in [5, 5.41) is 5.45. The highest BCUT2D eigenvalue weighted by Crippen LogP contribution is 2.44. The van der Waals surface area contributed by atoms with Gasteiger partial charge in [-0.15, -0.1) is 0 Å². The fourth-order valence-electron chi connectivity index (χ4n) is 6.95. The maximum absolute atomic E-state index is 14.0. The van der Waals surface area contributed by atoms with Crippen molar-refractivity contribution < 1.29 is 19.1 Å². The molecule has 2 aliphatic heterocycles. The van der Waals surface area contributed by atoms with Gasteiger partial charge in [0.2, 0.25) is 0 Å². The van der Waals surface area contributed by atoms with Crippen molar-refractivity contribution in [3.05, 3.63) is 59.1 Å². The van der Waals surface area contributed by atoms with E-state index in [-0.39, 0.29) is 24.1 Å². The molecule has 9 heteroatoms. The smallest absolute Gasteiger partial charge is 0.419 e. The first kappa shape index (κ1) is 30.9. The van der Waals surface area contributed by atoms with Crippen molar-refractivity contribution in [2.45, 2.75) is 118 Å². The molecule has 5 heterocycles. The van der Waals surface area contributed by atoms with Gasteiger partial charge in [-0.25, -0.2) is 23.7 Å². The molecule has 0 N–H and O–H groups in total. The molecule has 2 aliphatic rings. The summed E-state index contributed by atoms with van der Waals surface area (Å²) in [5.74, 6) is 0.103. The van der Waals surface area contributed by atoms with Crippen molar-refractivity contribution >= 4 is 34.3 Å². The normalized spacial score (nSPS) is 18.6. The molecule has 2 unspecified atom stereocenters. The predicted octanol–water partition coefficient (Wildman–Crippen LogP) is 8.43. The number of rotatable bonds is 3. The zero-order valence-electron chi connectivity index (χ0n) is 28.2. The highest BCUT2D eigenvalue weighted by Gasteiger charge is 2.42. The van der Waals surface area contributed by atoms with Gasteiger partial charge in [-0.05, 0) is 121 Å². The van der Waals surface area contributed by atoms with E-state index in [1.54, 1.807) is 15.4 Å². The van der Waals surface area contributed by atoms with Gasteiger partial charge >= 0.3 is 12.2 Å². The van der Waals surface area contributed by atoms with Crippen LogP contribution in [0.25, 0.3) is 33.4 Å². The summed E-state index contributed by atoms with van der Waals surface area (Å²) in [6.07, 6.45) is 7.75. The molecular formula is C36H45N5O4. The van der Waals surface area contributed by atoms with Crippen molar-refractivity contribution in [3.8, 4) is 11.3 Å². The lowest BCUT2D eigenvalue weighted by atomic mass is 9.91. The van der Waals surface area contributed by atoms with Crippen LogP contribution in [-0.4, -0.2) is 59.5 Å². The standard InChI is InChI=1S/C36H45N5O4/c1-20(2)30-27-17-23(24-15-25-12-13-26(16-24)40(25)33(42)44-35(5,6)7)11-14-29(27)41(34(43)45-36(8,9)10)31(30)28-18-39-32(37-19-38-39)22(4)21(28)3/h11,14-15,17-20,25-26H,12-13,16H2,1-10H3. The fourth-order valence-corrected chi connectivity index (χ4v) is 6.95. The Hall–Kier alpha value is -4.14. The topological polar surface area (TPSA) is 91.0 Å². The molecule has 3 aromatic heterocycles. The molecule has 6 rings (SSSR count). The van der Waals surface area contributed by atoms with Gasteiger partial charge in [0.15, 0.2) is 5.65 Å². The molecule has 45 heavy (non-hydrogen) atoms. The molecule has 1 aromatic carbocycles. The van der Waals surface area contributed by atoms with E-state index in [1.807, 2.05) is 65.6 Å². The molecular weight excluding hydrogens is 566 g/mol.